The molecule has 0 bridgehead atoms. The number of benzene rings is 1. The van der Waals surface area contributed by atoms with Gasteiger partial charge in [0, 0.05) is 6.04 Å². The van der Waals surface area contributed by atoms with E-state index in [-0.39, 0.29) is 5.82 Å². The SMILES string of the molecule is Cc1nn(-c2cccc(F)c2)c2ncnc(NC3CCCCC3)c12. The molecule has 24 heavy (non-hydrogen) atoms. The second-order valence-electron chi connectivity index (χ2n) is 6.38. The lowest BCUT2D eigenvalue weighted by Gasteiger charge is -2.23. The van der Waals surface area contributed by atoms with Gasteiger partial charge in [-0.1, -0.05) is 25.3 Å². The summed E-state index contributed by atoms with van der Waals surface area (Å²) in [6.45, 7) is 1.94. The van der Waals surface area contributed by atoms with E-state index >= 15 is 0 Å². The fraction of sp³-hybridized carbons (Fsp3) is 0.389. The number of nitrogens with zero attached hydrogens (tertiary/aromatic N) is 4. The van der Waals surface area contributed by atoms with Crippen molar-refractivity contribution in [3.05, 3.63) is 42.1 Å². The third-order valence-electron chi connectivity index (χ3n) is 4.64. The molecule has 1 aliphatic carbocycles. The number of hydrogen-bond acceptors (Lipinski definition) is 4. The molecular formula is C18H20FN5. The van der Waals surface area contributed by atoms with Crippen molar-refractivity contribution in [2.75, 3.05) is 5.32 Å². The highest BCUT2D eigenvalue weighted by Gasteiger charge is 2.19. The Morgan fingerprint density at radius 1 is 1.17 bits per heavy atom. The van der Waals surface area contributed by atoms with Crippen LogP contribution in [0.2, 0.25) is 0 Å². The van der Waals surface area contributed by atoms with E-state index in [1.165, 1.54) is 44.2 Å². The summed E-state index contributed by atoms with van der Waals surface area (Å²) in [5, 5.41) is 9.03. The summed E-state index contributed by atoms with van der Waals surface area (Å²) in [6.07, 6.45) is 7.71. The Kier molecular flexibility index (Phi) is 3.88. The fourth-order valence-electron chi connectivity index (χ4n) is 3.45. The number of hydrogen-bond donors (Lipinski definition) is 1. The highest BCUT2D eigenvalue weighted by molar-refractivity contribution is 5.90. The maximum Gasteiger partial charge on any atom is 0.168 e. The van der Waals surface area contributed by atoms with Crippen molar-refractivity contribution in [3.8, 4) is 5.69 Å². The van der Waals surface area contributed by atoms with Crippen LogP contribution >= 0.6 is 0 Å². The third-order valence-corrected chi connectivity index (χ3v) is 4.64. The van der Waals surface area contributed by atoms with Crippen LogP contribution in [0.15, 0.2) is 30.6 Å². The molecule has 2 aromatic heterocycles. The standard InChI is InChI=1S/C18H20FN5/c1-12-16-17(22-14-7-3-2-4-8-14)20-11-21-18(16)24(23-12)15-9-5-6-13(19)10-15/h5-6,9-11,14H,2-4,7-8H2,1H3,(H,20,21,22). The molecule has 1 fully saturated rings. The van der Waals surface area contributed by atoms with Crippen LogP contribution in [0.25, 0.3) is 16.7 Å². The molecule has 124 valence electrons. The van der Waals surface area contributed by atoms with Gasteiger partial charge in [0.25, 0.3) is 0 Å². The molecule has 1 N–H and O–H groups in total. The predicted octanol–water partition coefficient (Wildman–Crippen LogP) is 4.01. The summed E-state index contributed by atoms with van der Waals surface area (Å²) < 4.78 is 15.2. The van der Waals surface area contributed by atoms with Gasteiger partial charge in [0.15, 0.2) is 5.65 Å². The molecule has 0 atom stereocenters. The van der Waals surface area contributed by atoms with Crippen LogP contribution in [0.3, 0.4) is 0 Å². The molecule has 2 heterocycles. The lowest BCUT2D eigenvalue weighted by atomic mass is 9.95. The van der Waals surface area contributed by atoms with Gasteiger partial charge in [-0.2, -0.15) is 5.10 Å². The maximum absolute atomic E-state index is 13.6. The largest absolute Gasteiger partial charge is 0.367 e. The van der Waals surface area contributed by atoms with Gasteiger partial charge in [-0.3, -0.25) is 0 Å². The molecule has 0 radical (unpaired) electrons. The number of nitrogens with one attached hydrogen (secondary N) is 1. The van der Waals surface area contributed by atoms with E-state index in [0.717, 1.165) is 16.9 Å². The first kappa shape index (κ1) is 15.1. The predicted molar refractivity (Wildman–Crippen MR) is 91.9 cm³/mol. The first-order chi connectivity index (χ1) is 11.7. The number of fused-ring (bicyclic) bond motifs is 1. The van der Waals surface area contributed by atoms with Gasteiger partial charge in [0.05, 0.1) is 16.8 Å². The highest BCUT2D eigenvalue weighted by Crippen LogP contribution is 2.28. The van der Waals surface area contributed by atoms with E-state index in [1.807, 2.05) is 13.0 Å². The number of aromatic nitrogens is 4. The molecule has 4 rings (SSSR count). The number of halogens is 1. The molecular weight excluding hydrogens is 305 g/mol. The normalized spacial score (nSPS) is 15.8. The fourth-order valence-corrected chi connectivity index (χ4v) is 3.45. The monoisotopic (exact) mass is 325 g/mol. The molecule has 1 saturated carbocycles. The van der Waals surface area contributed by atoms with E-state index in [1.54, 1.807) is 17.1 Å². The van der Waals surface area contributed by atoms with Crippen LogP contribution in [0.5, 0.6) is 0 Å². The minimum absolute atomic E-state index is 0.289. The first-order valence-electron chi connectivity index (χ1n) is 8.45. The zero-order chi connectivity index (χ0) is 16.5. The van der Waals surface area contributed by atoms with Crippen LogP contribution in [0.1, 0.15) is 37.8 Å². The van der Waals surface area contributed by atoms with Crippen LogP contribution in [0.4, 0.5) is 10.2 Å². The van der Waals surface area contributed by atoms with Gasteiger partial charge in [-0.25, -0.2) is 19.0 Å². The van der Waals surface area contributed by atoms with Crippen molar-refractivity contribution in [1.82, 2.24) is 19.7 Å². The Hall–Kier alpha value is -2.50. The number of aryl methyl sites for hydroxylation is 1. The summed E-state index contributed by atoms with van der Waals surface area (Å²) in [7, 11) is 0. The van der Waals surface area contributed by atoms with Crippen LogP contribution in [0, 0.1) is 12.7 Å². The minimum atomic E-state index is -0.289. The Bertz CT molecular complexity index is 867. The smallest absolute Gasteiger partial charge is 0.168 e. The van der Waals surface area contributed by atoms with Crippen LogP contribution < -0.4 is 5.32 Å². The molecule has 0 saturated heterocycles. The molecule has 1 aromatic carbocycles. The first-order valence-corrected chi connectivity index (χ1v) is 8.45. The molecule has 0 amide bonds. The highest BCUT2D eigenvalue weighted by atomic mass is 19.1. The summed E-state index contributed by atoms with van der Waals surface area (Å²) in [5.41, 5.74) is 2.20. The van der Waals surface area contributed by atoms with E-state index in [0.29, 0.717) is 17.4 Å². The van der Waals surface area contributed by atoms with Gasteiger partial charge in [-0.15, -0.1) is 0 Å². The zero-order valence-electron chi connectivity index (χ0n) is 13.7. The molecule has 0 unspecified atom stereocenters. The van der Waals surface area contributed by atoms with Crippen LogP contribution in [-0.4, -0.2) is 25.8 Å². The maximum atomic E-state index is 13.6. The second kappa shape index (κ2) is 6.19. The van der Waals surface area contributed by atoms with Gasteiger partial charge in [0.1, 0.15) is 18.0 Å². The molecule has 0 aliphatic heterocycles. The Labute approximate surface area is 139 Å². The van der Waals surface area contributed by atoms with Gasteiger partial charge >= 0.3 is 0 Å². The van der Waals surface area contributed by atoms with Gasteiger partial charge < -0.3 is 5.32 Å². The summed E-state index contributed by atoms with van der Waals surface area (Å²) in [4.78, 5) is 8.83. The summed E-state index contributed by atoms with van der Waals surface area (Å²) in [6, 6.07) is 6.84. The molecule has 5 nitrogen and oxygen atoms in total. The van der Waals surface area contributed by atoms with Crippen molar-refractivity contribution >= 4 is 16.9 Å². The average molecular weight is 325 g/mol. The topological polar surface area (TPSA) is 55.6 Å². The Balaban J connectivity index is 1.77. The van der Waals surface area contributed by atoms with E-state index in [4.69, 9.17) is 0 Å². The Morgan fingerprint density at radius 3 is 2.79 bits per heavy atom. The second-order valence-corrected chi connectivity index (χ2v) is 6.38. The summed E-state index contributed by atoms with van der Waals surface area (Å²) in [5.74, 6) is 0.537. The van der Waals surface area contributed by atoms with E-state index in [2.05, 4.69) is 20.4 Å². The Morgan fingerprint density at radius 2 is 2.00 bits per heavy atom. The van der Waals surface area contributed by atoms with Crippen molar-refractivity contribution in [2.45, 2.75) is 45.1 Å². The molecule has 3 aromatic rings. The molecule has 6 heteroatoms. The van der Waals surface area contributed by atoms with Crippen LogP contribution in [-0.2, 0) is 0 Å². The lowest BCUT2D eigenvalue weighted by molar-refractivity contribution is 0.462. The van der Waals surface area contributed by atoms with Crippen molar-refractivity contribution in [3.63, 3.8) is 0 Å². The minimum Gasteiger partial charge on any atom is -0.367 e. The number of anilines is 1. The lowest BCUT2D eigenvalue weighted by Crippen LogP contribution is -2.23. The zero-order valence-corrected chi connectivity index (χ0v) is 13.7. The third kappa shape index (κ3) is 2.72. The van der Waals surface area contributed by atoms with Crippen molar-refractivity contribution < 1.29 is 4.39 Å². The van der Waals surface area contributed by atoms with Crippen molar-refractivity contribution in [2.24, 2.45) is 0 Å². The number of rotatable bonds is 3. The quantitative estimate of drug-likeness (QED) is 0.790. The van der Waals surface area contributed by atoms with E-state index < -0.39 is 0 Å². The molecule has 1 aliphatic rings. The van der Waals surface area contributed by atoms with Crippen molar-refractivity contribution in [1.29, 1.82) is 0 Å². The van der Waals surface area contributed by atoms with E-state index in [9.17, 15) is 4.39 Å². The molecule has 0 spiro atoms. The average Bonchev–Trinajstić information content (AvgIpc) is 2.94. The summed E-state index contributed by atoms with van der Waals surface area (Å²) >= 11 is 0. The van der Waals surface area contributed by atoms with Gasteiger partial charge in [0.2, 0.25) is 0 Å². The van der Waals surface area contributed by atoms with Gasteiger partial charge in [-0.05, 0) is 38.0 Å².